The first-order valence-electron chi connectivity index (χ1n) is 4.26. The fourth-order valence-corrected chi connectivity index (χ4v) is 1.31. The van der Waals surface area contributed by atoms with Crippen LogP contribution in [0.3, 0.4) is 0 Å². The number of aromatic nitrogens is 1. The molecule has 0 fully saturated rings. The minimum Gasteiger partial charge on any atom is -0.367 e. The Balaban J connectivity index is 2.58. The van der Waals surface area contributed by atoms with Gasteiger partial charge in [-0.15, -0.1) is 0 Å². The number of nitrogen functional groups attached to an aromatic ring is 1. The van der Waals surface area contributed by atoms with Gasteiger partial charge in [0.1, 0.15) is 17.3 Å². The second kappa shape index (κ2) is 3.34. The Morgan fingerprint density at radius 3 is 2.27 bits per heavy atom. The summed E-state index contributed by atoms with van der Waals surface area (Å²) in [4.78, 5) is 0. The quantitative estimate of drug-likeness (QED) is 0.786. The smallest absolute Gasteiger partial charge is 0.225 e. The van der Waals surface area contributed by atoms with Gasteiger partial charge in [0.25, 0.3) is 0 Å². The standard InChI is InChI=1S/C10H8F2N2O/c1-5-9(14-15-10(5)13)6-2-7(11)4-8(12)3-6/h2-4H,13H2,1H3. The van der Waals surface area contributed by atoms with E-state index in [1.54, 1.807) is 6.92 Å². The maximum Gasteiger partial charge on any atom is 0.225 e. The minimum absolute atomic E-state index is 0.148. The first-order chi connectivity index (χ1) is 7.08. The van der Waals surface area contributed by atoms with E-state index in [1.165, 1.54) is 12.1 Å². The molecule has 2 N–H and O–H groups in total. The van der Waals surface area contributed by atoms with Gasteiger partial charge in [-0.2, -0.15) is 0 Å². The van der Waals surface area contributed by atoms with Crippen molar-refractivity contribution in [1.82, 2.24) is 5.16 Å². The van der Waals surface area contributed by atoms with Crippen molar-refractivity contribution in [3.63, 3.8) is 0 Å². The summed E-state index contributed by atoms with van der Waals surface area (Å²) >= 11 is 0. The molecule has 0 bridgehead atoms. The van der Waals surface area contributed by atoms with E-state index >= 15 is 0 Å². The fourth-order valence-electron chi connectivity index (χ4n) is 1.31. The maximum atomic E-state index is 12.9. The van der Waals surface area contributed by atoms with E-state index in [0.29, 0.717) is 16.8 Å². The van der Waals surface area contributed by atoms with E-state index in [9.17, 15) is 8.78 Å². The summed E-state index contributed by atoms with van der Waals surface area (Å²) in [5.41, 5.74) is 6.67. The molecular weight excluding hydrogens is 202 g/mol. The highest BCUT2D eigenvalue weighted by atomic mass is 19.1. The molecule has 0 aliphatic carbocycles. The van der Waals surface area contributed by atoms with Crippen LogP contribution in [-0.2, 0) is 0 Å². The van der Waals surface area contributed by atoms with Gasteiger partial charge in [0.2, 0.25) is 5.88 Å². The van der Waals surface area contributed by atoms with Crippen molar-refractivity contribution in [2.24, 2.45) is 0 Å². The lowest BCUT2D eigenvalue weighted by Gasteiger charge is -1.98. The lowest BCUT2D eigenvalue weighted by atomic mass is 10.1. The summed E-state index contributed by atoms with van der Waals surface area (Å²) in [6, 6.07) is 3.14. The molecule has 2 rings (SSSR count). The third-order valence-corrected chi connectivity index (χ3v) is 2.10. The first kappa shape index (κ1) is 9.64. The molecule has 0 spiro atoms. The van der Waals surface area contributed by atoms with Crippen LogP contribution in [0.2, 0.25) is 0 Å². The largest absolute Gasteiger partial charge is 0.367 e. The van der Waals surface area contributed by atoms with Gasteiger partial charge < -0.3 is 10.3 Å². The van der Waals surface area contributed by atoms with Crippen LogP contribution in [-0.4, -0.2) is 5.16 Å². The molecule has 1 aromatic carbocycles. The van der Waals surface area contributed by atoms with E-state index in [1.807, 2.05) is 0 Å². The zero-order valence-corrected chi connectivity index (χ0v) is 7.92. The van der Waals surface area contributed by atoms with Crippen molar-refractivity contribution in [2.75, 3.05) is 5.73 Å². The molecule has 0 amide bonds. The predicted octanol–water partition coefficient (Wildman–Crippen LogP) is 2.51. The molecule has 1 aromatic heterocycles. The van der Waals surface area contributed by atoms with Gasteiger partial charge in [-0.05, 0) is 19.1 Å². The Kier molecular flexibility index (Phi) is 2.15. The Hall–Kier alpha value is -1.91. The molecular formula is C10H8F2N2O. The van der Waals surface area contributed by atoms with Crippen molar-refractivity contribution < 1.29 is 13.3 Å². The topological polar surface area (TPSA) is 52.0 Å². The fraction of sp³-hybridized carbons (Fsp3) is 0.100. The van der Waals surface area contributed by atoms with Crippen LogP contribution in [0.4, 0.5) is 14.7 Å². The van der Waals surface area contributed by atoms with E-state index < -0.39 is 11.6 Å². The molecule has 0 unspecified atom stereocenters. The molecule has 0 atom stereocenters. The summed E-state index contributed by atoms with van der Waals surface area (Å²) in [5.74, 6) is -1.17. The van der Waals surface area contributed by atoms with Crippen LogP contribution in [0, 0.1) is 18.6 Å². The normalized spacial score (nSPS) is 10.6. The number of anilines is 1. The van der Waals surface area contributed by atoms with Crippen molar-refractivity contribution in [1.29, 1.82) is 0 Å². The Labute approximate surface area is 84.5 Å². The average Bonchev–Trinajstić information content (AvgIpc) is 2.46. The van der Waals surface area contributed by atoms with E-state index in [4.69, 9.17) is 10.3 Å². The highest BCUT2D eigenvalue weighted by Crippen LogP contribution is 2.27. The Morgan fingerprint density at radius 2 is 1.80 bits per heavy atom. The van der Waals surface area contributed by atoms with Crippen LogP contribution in [0.1, 0.15) is 5.56 Å². The van der Waals surface area contributed by atoms with Crippen LogP contribution >= 0.6 is 0 Å². The zero-order chi connectivity index (χ0) is 11.0. The van der Waals surface area contributed by atoms with Gasteiger partial charge in [0.15, 0.2) is 0 Å². The SMILES string of the molecule is Cc1c(-c2cc(F)cc(F)c2)noc1N. The summed E-state index contributed by atoms with van der Waals surface area (Å²) in [7, 11) is 0. The van der Waals surface area contributed by atoms with Gasteiger partial charge in [-0.3, -0.25) is 0 Å². The second-order valence-corrected chi connectivity index (χ2v) is 3.18. The second-order valence-electron chi connectivity index (χ2n) is 3.18. The zero-order valence-electron chi connectivity index (χ0n) is 7.92. The molecule has 0 aliphatic rings. The van der Waals surface area contributed by atoms with Crippen molar-refractivity contribution in [3.8, 4) is 11.3 Å². The molecule has 1 heterocycles. The lowest BCUT2D eigenvalue weighted by molar-refractivity contribution is 0.438. The van der Waals surface area contributed by atoms with E-state index in [0.717, 1.165) is 6.07 Å². The van der Waals surface area contributed by atoms with Gasteiger partial charge in [-0.1, -0.05) is 5.16 Å². The summed E-state index contributed by atoms with van der Waals surface area (Å²) in [6.45, 7) is 1.67. The van der Waals surface area contributed by atoms with Crippen molar-refractivity contribution >= 4 is 5.88 Å². The van der Waals surface area contributed by atoms with E-state index in [2.05, 4.69) is 5.16 Å². The van der Waals surface area contributed by atoms with Crippen LogP contribution in [0.5, 0.6) is 0 Å². The number of benzene rings is 1. The number of nitrogens with two attached hydrogens (primary N) is 1. The third-order valence-electron chi connectivity index (χ3n) is 2.10. The first-order valence-corrected chi connectivity index (χ1v) is 4.26. The van der Waals surface area contributed by atoms with Gasteiger partial charge >= 0.3 is 0 Å². The highest BCUT2D eigenvalue weighted by Gasteiger charge is 2.12. The number of halogens is 2. The molecule has 0 saturated heterocycles. The molecule has 0 radical (unpaired) electrons. The Bertz CT molecular complexity index is 488. The van der Waals surface area contributed by atoms with Gasteiger partial charge in [0.05, 0.1) is 0 Å². The third kappa shape index (κ3) is 1.68. The van der Waals surface area contributed by atoms with Crippen molar-refractivity contribution in [2.45, 2.75) is 6.92 Å². The summed E-state index contributed by atoms with van der Waals surface area (Å²) in [5, 5.41) is 3.63. The predicted molar refractivity (Wildman–Crippen MR) is 51.0 cm³/mol. The molecule has 0 aliphatic heterocycles. The van der Waals surface area contributed by atoms with Gasteiger partial charge in [0, 0.05) is 17.2 Å². The van der Waals surface area contributed by atoms with Crippen LogP contribution < -0.4 is 5.73 Å². The van der Waals surface area contributed by atoms with E-state index in [-0.39, 0.29) is 5.88 Å². The minimum atomic E-state index is -0.661. The summed E-state index contributed by atoms with van der Waals surface area (Å²) < 4.78 is 30.6. The monoisotopic (exact) mass is 210 g/mol. The summed E-state index contributed by atoms with van der Waals surface area (Å²) in [6.07, 6.45) is 0. The number of rotatable bonds is 1. The number of hydrogen-bond acceptors (Lipinski definition) is 3. The molecule has 78 valence electrons. The van der Waals surface area contributed by atoms with Crippen molar-refractivity contribution in [3.05, 3.63) is 35.4 Å². The van der Waals surface area contributed by atoms with Crippen LogP contribution in [0.25, 0.3) is 11.3 Å². The Morgan fingerprint density at radius 1 is 1.20 bits per heavy atom. The molecule has 2 aromatic rings. The number of nitrogens with zero attached hydrogens (tertiary/aromatic N) is 1. The van der Waals surface area contributed by atoms with Gasteiger partial charge in [-0.25, -0.2) is 8.78 Å². The maximum absolute atomic E-state index is 12.9. The number of hydrogen-bond donors (Lipinski definition) is 1. The van der Waals surface area contributed by atoms with Crippen LogP contribution in [0.15, 0.2) is 22.7 Å². The highest BCUT2D eigenvalue weighted by molar-refractivity contribution is 5.66. The molecule has 3 nitrogen and oxygen atoms in total. The average molecular weight is 210 g/mol. The molecule has 0 saturated carbocycles. The molecule has 15 heavy (non-hydrogen) atoms. The lowest BCUT2D eigenvalue weighted by Crippen LogP contribution is -1.87. The molecule has 5 heteroatoms.